The van der Waals surface area contributed by atoms with Gasteiger partial charge in [-0.2, -0.15) is 4.31 Å². The summed E-state index contributed by atoms with van der Waals surface area (Å²) in [6, 6.07) is 6.98. The second kappa shape index (κ2) is 5.70. The average Bonchev–Trinajstić information content (AvgIpc) is 3.19. The Balaban J connectivity index is 1.71. The van der Waals surface area contributed by atoms with Gasteiger partial charge in [0.15, 0.2) is 5.82 Å². The van der Waals surface area contributed by atoms with Crippen molar-refractivity contribution in [3.05, 3.63) is 30.1 Å². The van der Waals surface area contributed by atoms with Gasteiger partial charge < -0.3 is 9.30 Å². The molecule has 0 unspecified atom stereocenters. The van der Waals surface area contributed by atoms with Crippen molar-refractivity contribution in [2.24, 2.45) is 0 Å². The lowest BCUT2D eigenvalue weighted by atomic mass is 10.2. The molecule has 0 aliphatic carbocycles. The number of ether oxygens (including phenoxy) is 1. The van der Waals surface area contributed by atoms with Gasteiger partial charge in [0.05, 0.1) is 18.1 Å². The van der Waals surface area contributed by atoms with E-state index >= 15 is 0 Å². The number of fused-ring (bicyclic) bond motifs is 1. The minimum Gasteiger partial charge on any atom is -0.379 e. The molecule has 0 saturated carbocycles. The summed E-state index contributed by atoms with van der Waals surface area (Å²) < 4.78 is 34.3. The molecule has 2 aliphatic rings. The number of sulfonamides is 1. The summed E-state index contributed by atoms with van der Waals surface area (Å²) in [5, 5.41) is 8.42. The predicted octanol–water partition coefficient (Wildman–Crippen LogP) is 0.912. The molecule has 1 saturated heterocycles. The highest BCUT2D eigenvalue weighted by molar-refractivity contribution is 7.89. The number of aryl methyl sites for hydroxylation is 1. The molecule has 0 atom stereocenters. The minimum atomic E-state index is -3.49. The maximum absolute atomic E-state index is 12.8. The average molecular weight is 334 g/mol. The second-order valence-electron chi connectivity index (χ2n) is 5.74. The summed E-state index contributed by atoms with van der Waals surface area (Å²) in [5.41, 5.74) is 0.792. The smallest absolute Gasteiger partial charge is 0.243 e. The molecule has 2 aromatic rings. The summed E-state index contributed by atoms with van der Waals surface area (Å²) in [4.78, 5) is 0.298. The molecule has 7 nitrogen and oxygen atoms in total. The molecule has 122 valence electrons. The van der Waals surface area contributed by atoms with Crippen LogP contribution < -0.4 is 0 Å². The Bertz CT molecular complexity index is 825. The van der Waals surface area contributed by atoms with Gasteiger partial charge in [0, 0.05) is 31.6 Å². The van der Waals surface area contributed by atoms with E-state index in [0.29, 0.717) is 31.2 Å². The quantitative estimate of drug-likeness (QED) is 0.834. The second-order valence-corrected chi connectivity index (χ2v) is 7.68. The zero-order valence-corrected chi connectivity index (χ0v) is 13.5. The van der Waals surface area contributed by atoms with Crippen LogP contribution in [0.2, 0.25) is 0 Å². The van der Waals surface area contributed by atoms with Crippen molar-refractivity contribution in [1.82, 2.24) is 19.1 Å². The largest absolute Gasteiger partial charge is 0.379 e. The van der Waals surface area contributed by atoms with Gasteiger partial charge in [0.1, 0.15) is 5.82 Å². The molecular weight excluding hydrogens is 316 g/mol. The van der Waals surface area contributed by atoms with Crippen molar-refractivity contribution >= 4 is 10.0 Å². The molecule has 1 fully saturated rings. The third-order valence-corrected chi connectivity index (χ3v) is 6.20. The van der Waals surface area contributed by atoms with Crippen molar-refractivity contribution in [2.45, 2.75) is 24.3 Å². The number of rotatable bonds is 3. The molecule has 0 amide bonds. The summed E-state index contributed by atoms with van der Waals surface area (Å²) in [6.07, 6.45) is 1.99. The van der Waals surface area contributed by atoms with E-state index in [1.807, 2.05) is 6.07 Å². The molecule has 1 aromatic carbocycles. The van der Waals surface area contributed by atoms with Crippen LogP contribution in [0, 0.1) is 0 Å². The van der Waals surface area contributed by atoms with Crippen LogP contribution in [0.1, 0.15) is 12.2 Å². The molecule has 0 radical (unpaired) electrons. The Kier molecular flexibility index (Phi) is 3.67. The van der Waals surface area contributed by atoms with Crippen LogP contribution in [-0.2, 0) is 27.7 Å². The van der Waals surface area contributed by atoms with E-state index in [2.05, 4.69) is 14.8 Å². The van der Waals surface area contributed by atoms with E-state index in [0.717, 1.165) is 36.6 Å². The lowest BCUT2D eigenvalue weighted by Gasteiger charge is -2.26. The number of hydrogen-bond donors (Lipinski definition) is 0. The molecule has 8 heteroatoms. The first kappa shape index (κ1) is 14.8. The Morgan fingerprint density at radius 2 is 1.91 bits per heavy atom. The third kappa shape index (κ3) is 2.56. The zero-order chi connectivity index (χ0) is 15.9. The molecule has 3 heterocycles. The minimum absolute atomic E-state index is 0.298. The highest BCUT2D eigenvalue weighted by Crippen LogP contribution is 2.26. The fourth-order valence-corrected chi connectivity index (χ4v) is 4.55. The topological polar surface area (TPSA) is 77.3 Å². The van der Waals surface area contributed by atoms with Crippen LogP contribution in [0.15, 0.2) is 29.2 Å². The molecule has 23 heavy (non-hydrogen) atoms. The summed E-state index contributed by atoms with van der Waals surface area (Å²) in [7, 11) is -3.49. The van der Waals surface area contributed by atoms with Crippen LogP contribution in [0.25, 0.3) is 11.4 Å². The molecule has 1 aromatic heterocycles. The van der Waals surface area contributed by atoms with E-state index in [4.69, 9.17) is 4.74 Å². The Morgan fingerprint density at radius 3 is 2.74 bits per heavy atom. The number of morpholine rings is 1. The molecule has 0 spiro atoms. The number of hydrogen-bond acceptors (Lipinski definition) is 5. The lowest BCUT2D eigenvalue weighted by molar-refractivity contribution is 0.0730. The van der Waals surface area contributed by atoms with E-state index in [9.17, 15) is 8.42 Å². The van der Waals surface area contributed by atoms with Crippen LogP contribution in [0.4, 0.5) is 0 Å². The van der Waals surface area contributed by atoms with Gasteiger partial charge in [-0.25, -0.2) is 8.42 Å². The number of aromatic nitrogens is 3. The Hall–Kier alpha value is -1.77. The van der Waals surface area contributed by atoms with Crippen molar-refractivity contribution in [2.75, 3.05) is 26.3 Å². The normalized spacial score (nSPS) is 19.0. The van der Waals surface area contributed by atoms with Crippen molar-refractivity contribution in [3.63, 3.8) is 0 Å². The first-order valence-corrected chi connectivity index (χ1v) is 9.21. The molecule has 0 bridgehead atoms. The predicted molar refractivity (Wildman–Crippen MR) is 83.4 cm³/mol. The van der Waals surface area contributed by atoms with Gasteiger partial charge in [0.25, 0.3) is 0 Å². The van der Waals surface area contributed by atoms with Gasteiger partial charge in [-0.05, 0) is 18.6 Å². The van der Waals surface area contributed by atoms with Gasteiger partial charge in [-0.1, -0.05) is 12.1 Å². The fourth-order valence-electron chi connectivity index (χ4n) is 3.10. The van der Waals surface area contributed by atoms with Crippen LogP contribution in [-0.4, -0.2) is 53.8 Å². The van der Waals surface area contributed by atoms with E-state index in [1.165, 1.54) is 4.31 Å². The first-order valence-electron chi connectivity index (χ1n) is 7.77. The molecule has 0 N–H and O–H groups in total. The van der Waals surface area contributed by atoms with Crippen LogP contribution in [0.3, 0.4) is 0 Å². The fraction of sp³-hybridized carbons (Fsp3) is 0.467. The maximum atomic E-state index is 12.8. The molecule has 2 aliphatic heterocycles. The van der Waals surface area contributed by atoms with E-state index < -0.39 is 10.0 Å². The zero-order valence-electron chi connectivity index (χ0n) is 12.7. The SMILES string of the molecule is O=S(=O)(c1cccc(-c2nnc3n2CCC3)c1)N1CCOCC1. The number of nitrogens with zero attached hydrogens (tertiary/aromatic N) is 4. The van der Waals surface area contributed by atoms with Crippen molar-refractivity contribution in [1.29, 1.82) is 0 Å². The first-order chi connectivity index (χ1) is 11.2. The van der Waals surface area contributed by atoms with Crippen molar-refractivity contribution in [3.8, 4) is 11.4 Å². The van der Waals surface area contributed by atoms with Crippen LogP contribution in [0.5, 0.6) is 0 Å². The third-order valence-electron chi connectivity index (χ3n) is 4.31. The van der Waals surface area contributed by atoms with Gasteiger partial charge in [-0.15, -0.1) is 10.2 Å². The summed E-state index contributed by atoms with van der Waals surface area (Å²) >= 11 is 0. The Morgan fingerprint density at radius 1 is 1.09 bits per heavy atom. The highest BCUT2D eigenvalue weighted by Gasteiger charge is 2.27. The summed E-state index contributed by atoms with van der Waals surface area (Å²) in [6.45, 7) is 2.56. The highest BCUT2D eigenvalue weighted by atomic mass is 32.2. The number of benzene rings is 1. The Labute approximate surface area is 134 Å². The van der Waals surface area contributed by atoms with Gasteiger partial charge in [-0.3, -0.25) is 0 Å². The van der Waals surface area contributed by atoms with E-state index in [-0.39, 0.29) is 0 Å². The van der Waals surface area contributed by atoms with Crippen molar-refractivity contribution < 1.29 is 13.2 Å². The molecule has 4 rings (SSSR count). The van der Waals surface area contributed by atoms with Gasteiger partial charge in [0.2, 0.25) is 10.0 Å². The standard InChI is InChI=1S/C15H18N4O3S/c20-23(21,18-7-9-22-10-8-18)13-4-1-3-12(11-13)15-17-16-14-5-2-6-19(14)15/h1,3-4,11H,2,5-10H2. The maximum Gasteiger partial charge on any atom is 0.243 e. The van der Waals surface area contributed by atoms with Gasteiger partial charge >= 0.3 is 0 Å². The molecular formula is C15H18N4O3S. The lowest BCUT2D eigenvalue weighted by Crippen LogP contribution is -2.40. The monoisotopic (exact) mass is 334 g/mol. The van der Waals surface area contributed by atoms with Crippen LogP contribution >= 0.6 is 0 Å². The van der Waals surface area contributed by atoms with E-state index in [1.54, 1.807) is 18.2 Å². The summed E-state index contributed by atoms with van der Waals surface area (Å²) in [5.74, 6) is 1.72.